The van der Waals surface area contributed by atoms with Crippen molar-refractivity contribution in [3.63, 3.8) is 0 Å². The molecule has 0 saturated carbocycles. The maximum Gasteiger partial charge on any atom is 0.137 e. The lowest BCUT2D eigenvalue weighted by molar-refractivity contribution is 0.410. The molecule has 0 bridgehead atoms. The van der Waals surface area contributed by atoms with Crippen LogP contribution in [0.4, 0.5) is 0 Å². The van der Waals surface area contributed by atoms with Crippen LogP contribution in [0.1, 0.15) is 34.9 Å². The third-order valence-electron chi connectivity index (χ3n) is 5.85. The molecule has 7 heteroatoms. The zero-order chi connectivity index (χ0) is 21.8. The van der Waals surface area contributed by atoms with Gasteiger partial charge < -0.3 is 19.3 Å². The van der Waals surface area contributed by atoms with Crippen molar-refractivity contribution in [2.75, 3.05) is 7.11 Å². The fourth-order valence-corrected chi connectivity index (χ4v) is 4.21. The Balaban J connectivity index is 1.43. The van der Waals surface area contributed by atoms with Crippen molar-refractivity contribution in [3.05, 3.63) is 95.7 Å². The van der Waals surface area contributed by atoms with Crippen LogP contribution in [0.2, 0.25) is 0 Å². The molecule has 0 amide bonds. The Morgan fingerprint density at radius 3 is 2.50 bits per heavy atom. The molecular formula is C25H26N6O. The molecule has 0 spiro atoms. The Bertz CT molecular complexity index is 1300. The molecule has 0 unspecified atom stereocenters. The summed E-state index contributed by atoms with van der Waals surface area (Å²) >= 11 is 0. The standard InChI is InChI=1S/C25H26N6O/c1-32-23-11-5-2-7-18(23)13-24-29-30-25(31(24)12-6-8-20-16-26-17-28-20)14-19-15-27-22-10-4-3-9-21(19)22/h2-5,7,9-11,15-17,27H,6,8,12-14H2,1H3,(H,26,28). The Hall–Kier alpha value is -3.87. The van der Waals surface area contributed by atoms with Crippen LogP contribution >= 0.6 is 0 Å². The van der Waals surface area contributed by atoms with Crippen LogP contribution in [0.15, 0.2) is 67.3 Å². The number of aromatic nitrogens is 6. The van der Waals surface area contributed by atoms with Gasteiger partial charge in [0.05, 0.1) is 13.4 Å². The molecule has 0 saturated heterocycles. The highest BCUT2D eigenvalue weighted by Gasteiger charge is 2.16. The first-order chi connectivity index (χ1) is 15.8. The van der Waals surface area contributed by atoms with Gasteiger partial charge in [-0.3, -0.25) is 0 Å². The molecule has 0 radical (unpaired) electrons. The first kappa shape index (κ1) is 20.1. The normalized spacial score (nSPS) is 11.3. The van der Waals surface area contributed by atoms with Crippen molar-refractivity contribution in [1.82, 2.24) is 29.7 Å². The van der Waals surface area contributed by atoms with Crippen molar-refractivity contribution in [1.29, 1.82) is 0 Å². The predicted molar refractivity (Wildman–Crippen MR) is 124 cm³/mol. The number of hydrogen-bond donors (Lipinski definition) is 2. The monoisotopic (exact) mass is 426 g/mol. The molecule has 162 valence electrons. The van der Waals surface area contributed by atoms with Crippen LogP contribution in [0.3, 0.4) is 0 Å². The van der Waals surface area contributed by atoms with Gasteiger partial charge in [0.1, 0.15) is 17.4 Å². The molecule has 3 heterocycles. The van der Waals surface area contributed by atoms with E-state index < -0.39 is 0 Å². The Labute approximate surface area is 186 Å². The summed E-state index contributed by atoms with van der Waals surface area (Å²) < 4.78 is 7.82. The van der Waals surface area contributed by atoms with Crippen LogP contribution < -0.4 is 4.74 Å². The summed E-state index contributed by atoms with van der Waals surface area (Å²) in [6.45, 7) is 0.841. The van der Waals surface area contributed by atoms with Gasteiger partial charge in [0.15, 0.2) is 0 Å². The lowest BCUT2D eigenvalue weighted by Gasteiger charge is -2.12. The van der Waals surface area contributed by atoms with Crippen molar-refractivity contribution < 1.29 is 4.74 Å². The molecule has 32 heavy (non-hydrogen) atoms. The van der Waals surface area contributed by atoms with E-state index in [1.807, 2.05) is 30.5 Å². The summed E-state index contributed by atoms with van der Waals surface area (Å²) in [6.07, 6.45) is 8.99. The van der Waals surface area contributed by atoms with Gasteiger partial charge >= 0.3 is 0 Å². The van der Waals surface area contributed by atoms with E-state index in [-0.39, 0.29) is 0 Å². The average molecular weight is 427 g/mol. The first-order valence-electron chi connectivity index (χ1n) is 10.9. The topological polar surface area (TPSA) is 84.4 Å². The third kappa shape index (κ3) is 4.14. The average Bonchev–Trinajstić information content (AvgIpc) is 3.57. The highest BCUT2D eigenvalue weighted by Crippen LogP contribution is 2.23. The van der Waals surface area contributed by atoms with Crippen molar-refractivity contribution in [3.8, 4) is 5.75 Å². The number of methoxy groups -OCH3 is 1. The highest BCUT2D eigenvalue weighted by atomic mass is 16.5. The molecule has 5 aromatic rings. The minimum Gasteiger partial charge on any atom is -0.496 e. The summed E-state index contributed by atoms with van der Waals surface area (Å²) in [6, 6.07) is 16.5. The van der Waals surface area contributed by atoms with Gasteiger partial charge in [0, 0.05) is 53.9 Å². The summed E-state index contributed by atoms with van der Waals surface area (Å²) in [7, 11) is 1.70. The van der Waals surface area contributed by atoms with Crippen LogP contribution in [-0.4, -0.2) is 36.8 Å². The van der Waals surface area contributed by atoms with Crippen molar-refractivity contribution in [2.24, 2.45) is 0 Å². The van der Waals surface area contributed by atoms with Crippen LogP contribution in [0.5, 0.6) is 5.75 Å². The number of imidazole rings is 1. The van der Waals surface area contributed by atoms with E-state index >= 15 is 0 Å². The molecule has 5 rings (SSSR count). The quantitative estimate of drug-likeness (QED) is 0.368. The number of aryl methyl sites for hydroxylation is 1. The summed E-state index contributed by atoms with van der Waals surface area (Å²) in [5.41, 5.74) is 4.62. The maximum absolute atomic E-state index is 5.56. The number of H-pyrrole nitrogens is 2. The summed E-state index contributed by atoms with van der Waals surface area (Å²) in [4.78, 5) is 10.7. The number of hydrogen-bond acceptors (Lipinski definition) is 4. The van der Waals surface area contributed by atoms with E-state index in [0.717, 1.165) is 60.0 Å². The highest BCUT2D eigenvalue weighted by molar-refractivity contribution is 5.83. The second-order valence-electron chi connectivity index (χ2n) is 7.89. The van der Waals surface area contributed by atoms with Gasteiger partial charge in [-0.05, 0) is 30.5 Å². The van der Waals surface area contributed by atoms with Gasteiger partial charge in [0.25, 0.3) is 0 Å². The van der Waals surface area contributed by atoms with Gasteiger partial charge in [-0.2, -0.15) is 0 Å². The molecule has 0 aliphatic rings. The molecule has 0 aliphatic carbocycles. The maximum atomic E-state index is 5.56. The fourth-order valence-electron chi connectivity index (χ4n) is 4.21. The lowest BCUT2D eigenvalue weighted by atomic mass is 10.1. The molecule has 0 aliphatic heterocycles. The second kappa shape index (κ2) is 9.09. The van der Waals surface area contributed by atoms with E-state index in [0.29, 0.717) is 6.42 Å². The van der Waals surface area contributed by atoms with E-state index in [4.69, 9.17) is 4.74 Å². The summed E-state index contributed by atoms with van der Waals surface area (Å²) in [5.74, 6) is 2.80. The second-order valence-corrected chi connectivity index (χ2v) is 7.89. The van der Waals surface area contributed by atoms with Crippen LogP contribution in [0.25, 0.3) is 10.9 Å². The number of para-hydroxylation sites is 2. The Kier molecular flexibility index (Phi) is 5.70. The number of ether oxygens (including phenoxy) is 1. The SMILES string of the molecule is COc1ccccc1Cc1nnc(Cc2c[nH]c3ccccc23)n1CCCc1cnc[nH]1. The largest absolute Gasteiger partial charge is 0.496 e. The van der Waals surface area contributed by atoms with Gasteiger partial charge in [-0.15, -0.1) is 10.2 Å². The molecular weight excluding hydrogens is 400 g/mol. The zero-order valence-corrected chi connectivity index (χ0v) is 18.1. The van der Waals surface area contributed by atoms with Crippen molar-refractivity contribution >= 4 is 10.9 Å². The fraction of sp³-hybridized carbons (Fsp3) is 0.240. The first-order valence-corrected chi connectivity index (χ1v) is 10.9. The number of fused-ring (bicyclic) bond motifs is 1. The minimum atomic E-state index is 0.676. The molecule has 7 nitrogen and oxygen atoms in total. The van der Waals surface area contributed by atoms with E-state index in [9.17, 15) is 0 Å². The number of benzene rings is 2. The van der Waals surface area contributed by atoms with Gasteiger partial charge in [0.2, 0.25) is 0 Å². The van der Waals surface area contributed by atoms with Gasteiger partial charge in [-0.25, -0.2) is 4.98 Å². The van der Waals surface area contributed by atoms with Gasteiger partial charge in [-0.1, -0.05) is 36.4 Å². The zero-order valence-electron chi connectivity index (χ0n) is 18.1. The number of nitrogens with one attached hydrogen (secondary N) is 2. The lowest BCUT2D eigenvalue weighted by Crippen LogP contribution is -2.10. The number of nitrogens with zero attached hydrogens (tertiary/aromatic N) is 4. The third-order valence-corrected chi connectivity index (χ3v) is 5.85. The molecule has 2 aromatic carbocycles. The Morgan fingerprint density at radius 2 is 1.69 bits per heavy atom. The van der Waals surface area contributed by atoms with Crippen molar-refractivity contribution in [2.45, 2.75) is 32.2 Å². The molecule has 0 fully saturated rings. The number of rotatable bonds is 9. The van der Waals surface area contributed by atoms with E-state index in [1.165, 1.54) is 10.9 Å². The predicted octanol–water partition coefficient (Wildman–Crippen LogP) is 4.31. The molecule has 0 atom stereocenters. The number of aromatic amines is 2. The summed E-state index contributed by atoms with van der Waals surface area (Å²) in [5, 5.41) is 10.4. The van der Waals surface area contributed by atoms with Crippen LogP contribution in [-0.2, 0) is 25.8 Å². The van der Waals surface area contributed by atoms with E-state index in [1.54, 1.807) is 13.4 Å². The van der Waals surface area contributed by atoms with E-state index in [2.05, 4.69) is 60.2 Å². The molecule has 3 aromatic heterocycles. The minimum absolute atomic E-state index is 0.676. The Morgan fingerprint density at radius 1 is 0.906 bits per heavy atom. The smallest absolute Gasteiger partial charge is 0.137 e. The molecule has 2 N–H and O–H groups in total. The van der Waals surface area contributed by atoms with Crippen LogP contribution in [0, 0.1) is 0 Å².